The summed E-state index contributed by atoms with van der Waals surface area (Å²) in [6.45, 7) is 1.30. The van der Waals surface area contributed by atoms with Crippen LogP contribution in [0, 0.1) is 5.82 Å². The van der Waals surface area contributed by atoms with Gasteiger partial charge in [-0.1, -0.05) is 18.9 Å². The Morgan fingerprint density at radius 2 is 2.12 bits per heavy atom. The molecule has 2 rings (SSSR count). The number of hydrogen-bond donors (Lipinski definition) is 2. The molecule has 0 heterocycles. The van der Waals surface area contributed by atoms with Crippen molar-refractivity contribution in [3.63, 3.8) is 0 Å². The molecule has 0 bridgehead atoms. The molecule has 0 amide bonds. The van der Waals surface area contributed by atoms with Gasteiger partial charge < -0.3 is 15.8 Å². The van der Waals surface area contributed by atoms with Crippen molar-refractivity contribution in [2.24, 2.45) is 0 Å². The smallest absolute Gasteiger partial charge is 0.148 e. The van der Waals surface area contributed by atoms with Crippen molar-refractivity contribution >= 4 is 11.4 Å². The predicted octanol–water partition coefficient (Wildman–Crippen LogP) is 2.78. The van der Waals surface area contributed by atoms with Crippen LogP contribution in [0.15, 0.2) is 18.2 Å². The molecule has 0 radical (unpaired) electrons. The molecule has 1 aromatic carbocycles. The third kappa shape index (κ3) is 3.33. The Morgan fingerprint density at radius 1 is 1.35 bits per heavy atom. The second-order valence-corrected chi connectivity index (χ2v) is 4.41. The van der Waals surface area contributed by atoms with Gasteiger partial charge in [0.05, 0.1) is 24.1 Å². The normalized spacial score (nSPS) is 16.3. The zero-order valence-electron chi connectivity index (χ0n) is 9.92. The average Bonchev–Trinajstić information content (AvgIpc) is 2.83. The summed E-state index contributed by atoms with van der Waals surface area (Å²) in [5.74, 6) is -0.383. The molecule has 3 nitrogen and oxygen atoms in total. The van der Waals surface area contributed by atoms with Crippen LogP contribution in [-0.2, 0) is 4.74 Å². The van der Waals surface area contributed by atoms with Gasteiger partial charge in [-0.25, -0.2) is 4.39 Å². The lowest BCUT2D eigenvalue weighted by atomic mass is 10.2. The van der Waals surface area contributed by atoms with Gasteiger partial charge in [-0.3, -0.25) is 0 Å². The van der Waals surface area contributed by atoms with Crippen LogP contribution >= 0.6 is 0 Å². The number of para-hydroxylation sites is 1. The van der Waals surface area contributed by atoms with Crippen molar-refractivity contribution in [3.8, 4) is 0 Å². The highest BCUT2D eigenvalue weighted by atomic mass is 19.1. The van der Waals surface area contributed by atoms with E-state index >= 15 is 0 Å². The molecule has 1 aliphatic carbocycles. The van der Waals surface area contributed by atoms with E-state index in [0.717, 1.165) is 0 Å². The molecule has 1 aromatic rings. The number of nitrogen functional groups attached to an aromatic ring is 1. The van der Waals surface area contributed by atoms with E-state index in [1.54, 1.807) is 12.1 Å². The van der Waals surface area contributed by atoms with Crippen molar-refractivity contribution in [1.82, 2.24) is 0 Å². The van der Waals surface area contributed by atoms with Crippen molar-refractivity contribution in [3.05, 3.63) is 24.0 Å². The first-order chi connectivity index (χ1) is 8.27. The van der Waals surface area contributed by atoms with E-state index in [0.29, 0.717) is 24.9 Å². The molecular weight excluding hydrogens is 219 g/mol. The summed E-state index contributed by atoms with van der Waals surface area (Å²) >= 11 is 0. The van der Waals surface area contributed by atoms with Gasteiger partial charge in [-0.05, 0) is 25.0 Å². The number of hydrogen-bond acceptors (Lipinski definition) is 3. The summed E-state index contributed by atoms with van der Waals surface area (Å²) in [5, 5.41) is 3.09. The largest absolute Gasteiger partial charge is 0.395 e. The zero-order valence-corrected chi connectivity index (χ0v) is 9.92. The highest BCUT2D eigenvalue weighted by Gasteiger charge is 2.14. The van der Waals surface area contributed by atoms with E-state index in [1.165, 1.54) is 31.7 Å². The van der Waals surface area contributed by atoms with Crippen LogP contribution in [0.1, 0.15) is 25.7 Å². The van der Waals surface area contributed by atoms with E-state index in [4.69, 9.17) is 10.5 Å². The van der Waals surface area contributed by atoms with E-state index in [2.05, 4.69) is 5.32 Å². The Kier molecular flexibility index (Phi) is 4.20. The van der Waals surface area contributed by atoms with Crippen LogP contribution in [0.5, 0.6) is 0 Å². The summed E-state index contributed by atoms with van der Waals surface area (Å²) in [6.07, 6.45) is 5.30. The maximum Gasteiger partial charge on any atom is 0.148 e. The van der Waals surface area contributed by atoms with Gasteiger partial charge in [-0.15, -0.1) is 0 Å². The lowest BCUT2D eigenvalue weighted by molar-refractivity contribution is 0.0659. The Hall–Kier alpha value is -1.29. The third-order valence-corrected chi connectivity index (χ3v) is 3.13. The monoisotopic (exact) mass is 238 g/mol. The van der Waals surface area contributed by atoms with Crippen LogP contribution < -0.4 is 11.1 Å². The Morgan fingerprint density at radius 3 is 2.88 bits per heavy atom. The van der Waals surface area contributed by atoms with E-state index in [-0.39, 0.29) is 11.5 Å². The van der Waals surface area contributed by atoms with Gasteiger partial charge in [-0.2, -0.15) is 0 Å². The van der Waals surface area contributed by atoms with E-state index in [1.807, 2.05) is 0 Å². The molecule has 4 heteroatoms. The maximum atomic E-state index is 13.1. The first-order valence-electron chi connectivity index (χ1n) is 6.17. The van der Waals surface area contributed by atoms with Crippen molar-refractivity contribution in [2.45, 2.75) is 31.8 Å². The molecule has 0 spiro atoms. The summed E-state index contributed by atoms with van der Waals surface area (Å²) < 4.78 is 18.8. The molecule has 94 valence electrons. The number of anilines is 2. The molecule has 0 unspecified atom stereocenters. The summed E-state index contributed by atoms with van der Waals surface area (Å²) in [6, 6.07) is 4.77. The topological polar surface area (TPSA) is 47.3 Å². The molecule has 17 heavy (non-hydrogen) atoms. The van der Waals surface area contributed by atoms with Crippen molar-refractivity contribution < 1.29 is 9.13 Å². The summed E-state index contributed by atoms with van der Waals surface area (Å²) in [4.78, 5) is 0. The molecule has 0 atom stereocenters. The van der Waals surface area contributed by atoms with Crippen LogP contribution in [0.4, 0.5) is 15.8 Å². The average molecular weight is 238 g/mol. The summed E-state index contributed by atoms with van der Waals surface area (Å²) in [5.41, 5.74) is 6.42. The van der Waals surface area contributed by atoms with Crippen LogP contribution in [0.3, 0.4) is 0 Å². The van der Waals surface area contributed by atoms with Crippen LogP contribution in [-0.4, -0.2) is 19.3 Å². The fourth-order valence-electron chi connectivity index (χ4n) is 2.16. The molecule has 0 saturated heterocycles. The molecule has 1 aliphatic rings. The van der Waals surface area contributed by atoms with Gasteiger partial charge in [0.15, 0.2) is 0 Å². The molecule has 0 aromatic heterocycles. The number of nitrogens with one attached hydrogen (secondary N) is 1. The van der Waals surface area contributed by atoms with Crippen LogP contribution in [0.25, 0.3) is 0 Å². The van der Waals surface area contributed by atoms with Crippen molar-refractivity contribution in [1.29, 1.82) is 0 Å². The Balaban J connectivity index is 1.72. The first kappa shape index (κ1) is 12.2. The Labute approximate surface area is 101 Å². The minimum Gasteiger partial charge on any atom is -0.395 e. The first-order valence-corrected chi connectivity index (χ1v) is 6.17. The molecule has 0 aliphatic heterocycles. The van der Waals surface area contributed by atoms with E-state index < -0.39 is 0 Å². The number of halogens is 1. The Bertz CT molecular complexity index is 364. The van der Waals surface area contributed by atoms with Crippen molar-refractivity contribution in [2.75, 3.05) is 24.2 Å². The number of rotatable bonds is 5. The van der Waals surface area contributed by atoms with E-state index in [9.17, 15) is 4.39 Å². The van der Waals surface area contributed by atoms with Gasteiger partial charge in [0.2, 0.25) is 0 Å². The standard InChI is InChI=1S/C13H19FN2O/c14-11-6-3-7-12(13(11)15)16-8-9-17-10-4-1-2-5-10/h3,6-7,10,16H,1-2,4-5,8-9,15H2. The van der Waals surface area contributed by atoms with Gasteiger partial charge >= 0.3 is 0 Å². The SMILES string of the molecule is Nc1c(F)cccc1NCCOC1CCCC1. The summed E-state index contributed by atoms with van der Waals surface area (Å²) in [7, 11) is 0. The van der Waals surface area contributed by atoms with Gasteiger partial charge in [0.25, 0.3) is 0 Å². The second kappa shape index (κ2) is 5.87. The predicted molar refractivity (Wildman–Crippen MR) is 67.5 cm³/mol. The van der Waals surface area contributed by atoms with Gasteiger partial charge in [0.1, 0.15) is 5.82 Å². The number of benzene rings is 1. The lowest BCUT2D eigenvalue weighted by Gasteiger charge is -2.13. The minimum atomic E-state index is -0.383. The minimum absolute atomic E-state index is 0.174. The molecule has 1 fully saturated rings. The van der Waals surface area contributed by atoms with Crippen LogP contribution in [0.2, 0.25) is 0 Å². The molecular formula is C13H19FN2O. The third-order valence-electron chi connectivity index (χ3n) is 3.13. The van der Waals surface area contributed by atoms with Gasteiger partial charge in [0, 0.05) is 6.54 Å². The highest BCUT2D eigenvalue weighted by Crippen LogP contribution is 2.22. The number of nitrogens with two attached hydrogens (primary N) is 1. The molecule has 1 saturated carbocycles. The highest BCUT2D eigenvalue weighted by molar-refractivity contribution is 5.66. The quantitative estimate of drug-likeness (QED) is 0.612. The molecule has 3 N–H and O–H groups in total. The second-order valence-electron chi connectivity index (χ2n) is 4.41. The fourth-order valence-corrected chi connectivity index (χ4v) is 2.16. The zero-order chi connectivity index (χ0) is 12.1. The maximum absolute atomic E-state index is 13.1. The lowest BCUT2D eigenvalue weighted by Crippen LogP contribution is -2.16. The number of ether oxygens (including phenoxy) is 1. The fraction of sp³-hybridized carbons (Fsp3) is 0.538.